The van der Waals surface area contributed by atoms with Gasteiger partial charge in [-0.25, -0.2) is 0 Å². The molecule has 1 atom stereocenters. The van der Waals surface area contributed by atoms with E-state index < -0.39 is 0 Å². The second kappa shape index (κ2) is 4.42. The molecule has 0 spiro atoms. The Morgan fingerprint density at radius 2 is 2.42 bits per heavy atom. The van der Waals surface area contributed by atoms with Crippen molar-refractivity contribution in [3.05, 3.63) is 0 Å². The van der Waals surface area contributed by atoms with Crippen molar-refractivity contribution in [1.82, 2.24) is 5.32 Å². The first-order valence-electron chi connectivity index (χ1n) is 4.37. The monoisotopic (exact) mass is 172 g/mol. The lowest BCUT2D eigenvalue weighted by Gasteiger charge is -2.13. The summed E-state index contributed by atoms with van der Waals surface area (Å²) in [5.74, 6) is -0.324. The fraction of sp³-hybridized carbons (Fsp3) is 0.875. The first-order valence-corrected chi connectivity index (χ1v) is 4.37. The molecular formula is C8H16N2O2. The van der Waals surface area contributed by atoms with Crippen LogP contribution in [0.5, 0.6) is 0 Å². The molecule has 0 heterocycles. The minimum atomic E-state index is -0.324. The van der Waals surface area contributed by atoms with Crippen molar-refractivity contribution in [3.63, 3.8) is 0 Å². The van der Waals surface area contributed by atoms with Crippen LogP contribution in [0.1, 0.15) is 19.8 Å². The maximum Gasteiger partial charge on any atom is 0.236 e. The zero-order valence-corrected chi connectivity index (χ0v) is 7.38. The average molecular weight is 172 g/mol. The summed E-state index contributed by atoms with van der Waals surface area (Å²) in [6, 6.07) is 0.181. The van der Waals surface area contributed by atoms with Crippen LogP contribution in [0.25, 0.3) is 0 Å². The molecule has 3 N–H and O–H groups in total. The van der Waals surface area contributed by atoms with Crippen molar-refractivity contribution in [2.45, 2.75) is 31.8 Å². The van der Waals surface area contributed by atoms with E-state index in [1.807, 2.05) is 6.92 Å². The number of hydrogen-bond donors (Lipinski definition) is 2. The summed E-state index contributed by atoms with van der Waals surface area (Å²) in [6.07, 6.45) is 2.30. The van der Waals surface area contributed by atoms with E-state index in [1.54, 1.807) is 0 Å². The predicted octanol–water partition coefficient (Wildman–Crippen LogP) is -0.371. The first kappa shape index (κ1) is 9.48. The van der Waals surface area contributed by atoms with Crippen LogP contribution in [-0.4, -0.2) is 31.2 Å². The maximum absolute atomic E-state index is 10.8. The van der Waals surface area contributed by atoms with Gasteiger partial charge in [0.25, 0.3) is 0 Å². The highest BCUT2D eigenvalue weighted by molar-refractivity contribution is 5.80. The van der Waals surface area contributed by atoms with Gasteiger partial charge in [-0.3, -0.25) is 4.79 Å². The summed E-state index contributed by atoms with van der Waals surface area (Å²) < 4.78 is 5.12. The Hall–Kier alpha value is -0.610. The summed E-state index contributed by atoms with van der Waals surface area (Å²) >= 11 is 0. The zero-order chi connectivity index (χ0) is 8.97. The van der Waals surface area contributed by atoms with E-state index in [1.165, 1.54) is 0 Å². The first-order chi connectivity index (χ1) is 5.74. The van der Waals surface area contributed by atoms with E-state index in [0.717, 1.165) is 12.8 Å². The van der Waals surface area contributed by atoms with E-state index >= 15 is 0 Å². The number of nitrogens with two attached hydrogens (primary N) is 1. The van der Waals surface area contributed by atoms with Gasteiger partial charge in [0.2, 0.25) is 5.91 Å². The number of rotatable bonds is 6. The summed E-state index contributed by atoms with van der Waals surface area (Å²) in [5, 5.41) is 3.13. The smallest absolute Gasteiger partial charge is 0.236 e. The highest BCUT2D eigenvalue weighted by Gasteiger charge is 2.26. The van der Waals surface area contributed by atoms with Crippen molar-refractivity contribution in [3.8, 4) is 0 Å². The van der Waals surface area contributed by atoms with Crippen LogP contribution in [0, 0.1) is 0 Å². The third-order valence-corrected chi connectivity index (χ3v) is 1.85. The number of carbonyl (C=O) groups excluding carboxylic acids is 1. The van der Waals surface area contributed by atoms with Crippen LogP contribution >= 0.6 is 0 Å². The van der Waals surface area contributed by atoms with Crippen LogP contribution in [0.4, 0.5) is 0 Å². The summed E-state index contributed by atoms with van der Waals surface area (Å²) in [7, 11) is 0. The Balaban J connectivity index is 2.21. The van der Waals surface area contributed by atoms with Crippen molar-refractivity contribution >= 4 is 5.91 Å². The summed E-state index contributed by atoms with van der Waals surface area (Å²) in [4.78, 5) is 10.8. The molecule has 70 valence electrons. The van der Waals surface area contributed by atoms with Crippen LogP contribution in [0.2, 0.25) is 0 Å². The molecule has 1 rings (SSSR count). The quantitative estimate of drug-likeness (QED) is 0.574. The summed E-state index contributed by atoms with van der Waals surface area (Å²) in [5.41, 5.74) is 5.17. The van der Waals surface area contributed by atoms with Gasteiger partial charge in [0.15, 0.2) is 0 Å². The molecule has 0 aromatic carbocycles. The topological polar surface area (TPSA) is 64.3 Å². The molecule has 1 aliphatic carbocycles. The minimum Gasteiger partial charge on any atom is -0.380 e. The molecule has 0 aliphatic heterocycles. The number of primary amides is 1. The van der Waals surface area contributed by atoms with E-state index in [-0.39, 0.29) is 11.9 Å². The lowest BCUT2D eigenvalue weighted by molar-refractivity contribution is -0.121. The van der Waals surface area contributed by atoms with Gasteiger partial charge < -0.3 is 15.8 Å². The van der Waals surface area contributed by atoms with E-state index in [9.17, 15) is 4.79 Å². The van der Waals surface area contributed by atoms with Crippen LogP contribution in [-0.2, 0) is 9.53 Å². The van der Waals surface area contributed by atoms with E-state index in [2.05, 4.69) is 5.32 Å². The van der Waals surface area contributed by atoms with Gasteiger partial charge in [-0.1, -0.05) is 0 Å². The maximum atomic E-state index is 10.8. The second-order valence-corrected chi connectivity index (χ2v) is 3.06. The Morgan fingerprint density at radius 3 is 2.83 bits per heavy atom. The van der Waals surface area contributed by atoms with Crippen molar-refractivity contribution in [2.24, 2.45) is 5.73 Å². The molecule has 0 radical (unpaired) electrons. The fourth-order valence-corrected chi connectivity index (χ4v) is 0.983. The van der Waals surface area contributed by atoms with Gasteiger partial charge in [-0.2, -0.15) is 0 Å². The lowest BCUT2D eigenvalue weighted by Crippen LogP contribution is -2.45. The normalized spacial score (nSPS) is 19.1. The average Bonchev–Trinajstić information content (AvgIpc) is 2.80. The SMILES string of the molecule is CCOCC(NC1CC1)C(N)=O. The molecule has 1 fully saturated rings. The molecule has 0 aromatic heterocycles. The molecule has 0 saturated heterocycles. The molecule has 4 nitrogen and oxygen atoms in total. The second-order valence-electron chi connectivity index (χ2n) is 3.06. The third kappa shape index (κ3) is 3.19. The number of carbonyl (C=O) groups is 1. The van der Waals surface area contributed by atoms with Gasteiger partial charge in [-0.15, -0.1) is 0 Å². The largest absolute Gasteiger partial charge is 0.380 e. The van der Waals surface area contributed by atoms with Gasteiger partial charge in [0.1, 0.15) is 6.04 Å². The molecule has 1 unspecified atom stereocenters. The number of ether oxygens (including phenoxy) is 1. The van der Waals surface area contributed by atoms with E-state index in [4.69, 9.17) is 10.5 Å². The molecule has 1 aliphatic rings. The minimum absolute atomic E-state index is 0.308. The molecule has 12 heavy (non-hydrogen) atoms. The predicted molar refractivity (Wildman–Crippen MR) is 45.6 cm³/mol. The van der Waals surface area contributed by atoms with Crippen molar-refractivity contribution < 1.29 is 9.53 Å². The van der Waals surface area contributed by atoms with Gasteiger partial charge in [0.05, 0.1) is 6.61 Å². The Kier molecular flexibility index (Phi) is 3.49. The Bertz CT molecular complexity index is 157. The number of hydrogen-bond acceptors (Lipinski definition) is 3. The molecule has 4 heteroatoms. The number of nitrogens with one attached hydrogen (secondary N) is 1. The van der Waals surface area contributed by atoms with Crippen molar-refractivity contribution in [1.29, 1.82) is 0 Å². The Morgan fingerprint density at radius 1 is 1.75 bits per heavy atom. The third-order valence-electron chi connectivity index (χ3n) is 1.85. The van der Waals surface area contributed by atoms with Gasteiger partial charge in [0, 0.05) is 12.6 Å². The molecular weight excluding hydrogens is 156 g/mol. The zero-order valence-electron chi connectivity index (χ0n) is 7.38. The molecule has 1 saturated carbocycles. The highest BCUT2D eigenvalue weighted by Crippen LogP contribution is 2.19. The lowest BCUT2D eigenvalue weighted by atomic mass is 10.3. The fourth-order valence-electron chi connectivity index (χ4n) is 0.983. The standard InChI is InChI=1S/C8H16N2O2/c1-2-12-5-7(8(9)11)10-6-3-4-6/h6-7,10H,2-5H2,1H3,(H2,9,11). The van der Waals surface area contributed by atoms with Crippen LogP contribution < -0.4 is 11.1 Å². The van der Waals surface area contributed by atoms with Gasteiger partial charge in [-0.05, 0) is 19.8 Å². The van der Waals surface area contributed by atoms with E-state index in [0.29, 0.717) is 19.3 Å². The van der Waals surface area contributed by atoms with Crippen molar-refractivity contribution in [2.75, 3.05) is 13.2 Å². The Labute approximate surface area is 72.5 Å². The van der Waals surface area contributed by atoms with Crippen LogP contribution in [0.15, 0.2) is 0 Å². The molecule has 0 aromatic rings. The highest BCUT2D eigenvalue weighted by atomic mass is 16.5. The molecule has 0 bridgehead atoms. The summed E-state index contributed by atoms with van der Waals surface area (Å²) in [6.45, 7) is 2.91. The number of amides is 1. The van der Waals surface area contributed by atoms with Gasteiger partial charge >= 0.3 is 0 Å². The van der Waals surface area contributed by atoms with Crippen LogP contribution in [0.3, 0.4) is 0 Å². The molecule has 1 amide bonds.